The van der Waals surface area contributed by atoms with E-state index in [-0.39, 0.29) is 24.3 Å². The maximum atomic E-state index is 14.1. The Morgan fingerprint density at radius 1 is 0.907 bits per heavy atom. The Labute approximate surface area is 255 Å². The molecule has 242 valence electrons. The Hall–Kier alpha value is -3.22. The van der Waals surface area contributed by atoms with E-state index in [0.29, 0.717) is 12.1 Å². The number of ether oxygens (including phenoxy) is 2. The average molecular weight is 606 g/mol. The molecule has 6 N–H and O–H groups in total. The highest BCUT2D eigenvalue weighted by Gasteiger charge is 2.40. The Kier molecular flexibility index (Phi) is 14.9. The van der Waals surface area contributed by atoms with Gasteiger partial charge in [-0.3, -0.25) is 15.0 Å². The number of hydrogen-bond donors (Lipinski definition) is 5. The van der Waals surface area contributed by atoms with Crippen LogP contribution in [0.4, 0.5) is 9.59 Å². The van der Waals surface area contributed by atoms with Crippen LogP contribution in [0.25, 0.3) is 0 Å². The maximum absolute atomic E-state index is 14.1. The number of hydrogen-bond acceptors (Lipinski definition) is 9. The summed E-state index contributed by atoms with van der Waals surface area (Å²) in [6.07, 6.45) is 2.42. The number of benzene rings is 1. The Morgan fingerprint density at radius 2 is 1.44 bits per heavy atom. The number of Topliss-reactive ketones (excluding diaryl/α,β-unsaturated/α-hetero) is 1. The lowest BCUT2D eigenvalue weighted by Gasteiger charge is -2.37. The zero-order chi connectivity index (χ0) is 32.1. The molecule has 2 unspecified atom stereocenters. The van der Waals surface area contributed by atoms with Gasteiger partial charge in [-0.05, 0) is 36.2 Å². The number of alkyl carbamates (subject to hydrolysis) is 2. The second kappa shape index (κ2) is 17.8. The quantitative estimate of drug-likeness (QED) is 0.189. The molecule has 0 heterocycles. The number of methoxy groups -OCH3 is 2. The van der Waals surface area contributed by atoms with E-state index in [9.17, 15) is 24.3 Å². The summed E-state index contributed by atoms with van der Waals surface area (Å²) in [6.45, 7) is 7.51. The van der Waals surface area contributed by atoms with Gasteiger partial charge in [0.05, 0.1) is 32.3 Å². The highest BCUT2D eigenvalue weighted by Crippen LogP contribution is 2.28. The van der Waals surface area contributed by atoms with Crippen molar-refractivity contribution in [1.82, 2.24) is 21.1 Å². The first kappa shape index (κ1) is 36.0. The molecule has 3 amide bonds. The third kappa shape index (κ3) is 11.1. The van der Waals surface area contributed by atoms with Crippen LogP contribution in [0.3, 0.4) is 0 Å². The molecule has 0 saturated heterocycles. The van der Waals surface area contributed by atoms with Gasteiger partial charge in [0.15, 0.2) is 5.78 Å². The molecular weight excluding hydrogens is 554 g/mol. The first-order valence-corrected chi connectivity index (χ1v) is 15.2. The zero-order valence-electron chi connectivity index (χ0n) is 26.4. The number of carbonyl (C=O) groups excluding carboxylic acids is 4. The van der Waals surface area contributed by atoms with Crippen molar-refractivity contribution in [2.24, 2.45) is 29.4 Å². The summed E-state index contributed by atoms with van der Waals surface area (Å²) in [5, 5.41) is 18.6. The second-order valence-corrected chi connectivity index (χ2v) is 12.0. The van der Waals surface area contributed by atoms with E-state index in [2.05, 4.69) is 16.1 Å². The van der Waals surface area contributed by atoms with E-state index in [1.807, 2.05) is 6.07 Å². The van der Waals surface area contributed by atoms with Gasteiger partial charge in [-0.15, -0.1) is 0 Å². The average Bonchev–Trinajstić information content (AvgIpc) is 2.98. The largest absolute Gasteiger partial charge is 0.453 e. The van der Waals surface area contributed by atoms with Crippen molar-refractivity contribution >= 4 is 23.9 Å². The Morgan fingerprint density at radius 3 is 1.95 bits per heavy atom. The summed E-state index contributed by atoms with van der Waals surface area (Å²) in [5.74, 6) is -2.34. The van der Waals surface area contributed by atoms with E-state index < -0.39 is 54.0 Å². The minimum absolute atomic E-state index is 0.106. The van der Waals surface area contributed by atoms with Crippen LogP contribution in [0.5, 0.6) is 0 Å². The number of nitrogens with two attached hydrogens (primary N) is 1. The Balaban J connectivity index is 2.42. The van der Waals surface area contributed by atoms with Crippen LogP contribution in [-0.4, -0.2) is 79.5 Å². The van der Waals surface area contributed by atoms with Crippen LogP contribution in [0, 0.1) is 23.7 Å². The minimum atomic E-state index is -1.32. The fraction of sp³-hybridized carbons (Fsp3) is 0.677. The highest BCUT2D eigenvalue weighted by atomic mass is 16.5. The van der Waals surface area contributed by atoms with Gasteiger partial charge in [0.1, 0.15) is 6.04 Å². The second-order valence-electron chi connectivity index (χ2n) is 12.0. The number of hydrazine groups is 1. The summed E-state index contributed by atoms with van der Waals surface area (Å²) in [5.41, 5.74) is 10.2. The van der Waals surface area contributed by atoms with Crippen LogP contribution < -0.4 is 21.8 Å². The molecule has 1 saturated carbocycles. The van der Waals surface area contributed by atoms with Crippen molar-refractivity contribution in [3.63, 3.8) is 0 Å². The highest BCUT2D eigenvalue weighted by molar-refractivity contribution is 5.90. The number of nitrogens with one attached hydrogen (secondary N) is 3. The first-order valence-electron chi connectivity index (χ1n) is 15.2. The summed E-state index contributed by atoms with van der Waals surface area (Å²) in [6, 6.07) is 6.22. The summed E-state index contributed by atoms with van der Waals surface area (Å²) in [7, 11) is 2.44. The molecule has 1 aromatic rings. The van der Waals surface area contributed by atoms with E-state index >= 15 is 0 Å². The van der Waals surface area contributed by atoms with Crippen molar-refractivity contribution in [2.75, 3.05) is 27.3 Å². The lowest BCUT2D eigenvalue weighted by molar-refractivity contribution is -0.133. The topological polar surface area (TPSA) is 172 Å². The van der Waals surface area contributed by atoms with Crippen molar-refractivity contribution < 1.29 is 33.8 Å². The fourth-order valence-electron chi connectivity index (χ4n) is 5.58. The van der Waals surface area contributed by atoms with Crippen LogP contribution in [0.1, 0.15) is 71.4 Å². The molecular formula is C31H51N5O7. The van der Waals surface area contributed by atoms with E-state index in [4.69, 9.17) is 15.2 Å². The van der Waals surface area contributed by atoms with E-state index in [1.54, 1.807) is 57.0 Å². The SMILES string of the molecule is COC(=O)N[C@H](C(=O)NN(CC1CCCCC1)C[C@H](O)C(C(=O)[C@@H](NC(=O)OC)C(C)C)C(N)c1ccccc1)C(C)C. The molecule has 1 aliphatic carbocycles. The van der Waals surface area contributed by atoms with Crippen molar-refractivity contribution in [2.45, 2.75) is 84.0 Å². The lowest BCUT2D eigenvalue weighted by atomic mass is 9.80. The number of ketones is 1. The molecule has 12 nitrogen and oxygen atoms in total. The number of carbonyl (C=O) groups is 4. The predicted molar refractivity (Wildman–Crippen MR) is 162 cm³/mol. The molecule has 12 heteroatoms. The van der Waals surface area contributed by atoms with Gasteiger partial charge in [-0.2, -0.15) is 0 Å². The molecule has 0 bridgehead atoms. The number of aliphatic hydroxyl groups excluding tert-OH is 1. The third-order valence-electron chi connectivity index (χ3n) is 8.03. The van der Waals surface area contributed by atoms with Crippen molar-refractivity contribution in [1.29, 1.82) is 0 Å². The molecule has 1 aromatic carbocycles. The fourth-order valence-corrected chi connectivity index (χ4v) is 5.58. The standard InChI is InChI=1S/C31H51N5O7/c1-19(2)26(33-30(40)42-5)28(38)24(25(32)22-15-11-8-12-16-22)23(37)18-36(17-21-13-9-7-10-14-21)35-29(39)27(20(3)4)34-31(41)43-6/h8,11-12,15-16,19-21,23-27,37H,7,9-10,13-14,17-18,32H2,1-6H3,(H,33,40)(H,34,41)(H,35,39)/t23-,24?,25?,26-,27-/m0/s1. The molecule has 0 radical (unpaired) electrons. The maximum Gasteiger partial charge on any atom is 0.407 e. The third-order valence-corrected chi connectivity index (χ3v) is 8.03. The molecule has 43 heavy (non-hydrogen) atoms. The monoisotopic (exact) mass is 605 g/mol. The van der Waals surface area contributed by atoms with E-state index in [1.165, 1.54) is 14.2 Å². The molecule has 1 aliphatic rings. The first-order chi connectivity index (χ1) is 20.4. The lowest BCUT2D eigenvalue weighted by Crippen LogP contribution is -2.58. The van der Waals surface area contributed by atoms with Crippen molar-refractivity contribution in [3.05, 3.63) is 35.9 Å². The molecule has 0 aromatic heterocycles. The van der Waals surface area contributed by atoms with Gasteiger partial charge in [0.2, 0.25) is 0 Å². The molecule has 2 rings (SSSR count). The zero-order valence-corrected chi connectivity index (χ0v) is 26.4. The summed E-state index contributed by atoms with van der Waals surface area (Å²) >= 11 is 0. The molecule has 0 aliphatic heterocycles. The van der Waals surface area contributed by atoms with Crippen LogP contribution >= 0.6 is 0 Å². The van der Waals surface area contributed by atoms with Gasteiger partial charge in [0.25, 0.3) is 5.91 Å². The number of aliphatic hydroxyl groups is 1. The number of nitrogens with zero attached hydrogens (tertiary/aromatic N) is 1. The predicted octanol–water partition coefficient (Wildman–Crippen LogP) is 2.91. The van der Waals surface area contributed by atoms with Gasteiger partial charge >= 0.3 is 12.2 Å². The van der Waals surface area contributed by atoms with Gasteiger partial charge in [-0.1, -0.05) is 77.3 Å². The molecule has 1 fully saturated rings. The van der Waals surface area contributed by atoms with Gasteiger partial charge < -0.3 is 30.9 Å². The molecule has 0 spiro atoms. The number of rotatable bonds is 15. The van der Waals surface area contributed by atoms with E-state index in [0.717, 1.165) is 32.1 Å². The van der Waals surface area contributed by atoms with Gasteiger partial charge in [0, 0.05) is 19.1 Å². The summed E-state index contributed by atoms with van der Waals surface area (Å²) in [4.78, 5) is 51.6. The van der Waals surface area contributed by atoms with Crippen LogP contribution in [0.2, 0.25) is 0 Å². The smallest absolute Gasteiger partial charge is 0.407 e. The van der Waals surface area contributed by atoms with Gasteiger partial charge in [-0.25, -0.2) is 14.6 Å². The minimum Gasteiger partial charge on any atom is -0.453 e. The number of amides is 3. The van der Waals surface area contributed by atoms with Crippen LogP contribution in [-0.2, 0) is 19.1 Å². The summed E-state index contributed by atoms with van der Waals surface area (Å²) < 4.78 is 9.45. The normalized spacial score (nSPS) is 17.5. The van der Waals surface area contributed by atoms with Crippen LogP contribution in [0.15, 0.2) is 30.3 Å². The van der Waals surface area contributed by atoms with Crippen molar-refractivity contribution in [3.8, 4) is 0 Å². The Bertz CT molecular complexity index is 1030. The molecule has 5 atom stereocenters.